The van der Waals surface area contributed by atoms with Crippen LogP contribution in [0.2, 0.25) is 0 Å². The van der Waals surface area contributed by atoms with E-state index in [1.807, 2.05) is 11.3 Å². The summed E-state index contributed by atoms with van der Waals surface area (Å²) >= 11 is 1.82. The molecular weight excluding hydrogens is 407 g/mol. The Morgan fingerprint density at radius 3 is 2.91 bits per heavy atom. The zero-order valence-electron chi connectivity index (χ0n) is 13.7. The maximum absolute atomic E-state index is 4.75. The number of likely N-dealkylation sites (tertiary alicyclic amines) is 1. The highest BCUT2D eigenvalue weighted by Gasteiger charge is 2.20. The molecule has 0 aliphatic carbocycles. The quantitative estimate of drug-likeness (QED) is 0.392. The first kappa shape index (κ1) is 19.7. The van der Waals surface area contributed by atoms with Crippen molar-refractivity contribution in [2.75, 3.05) is 39.3 Å². The highest BCUT2D eigenvalue weighted by molar-refractivity contribution is 14.0. The standard InChI is InChI=1S/C16H28N4S.HI/c1-3-17-16(18-9-7-15-6-5-11-21-15)19-12-14-8-10-20(4-2)13-14;/h5-6,11,14H,3-4,7-10,12-13H2,1-2H3,(H2,17,18,19);1H. The van der Waals surface area contributed by atoms with Crippen molar-refractivity contribution in [1.29, 1.82) is 0 Å². The van der Waals surface area contributed by atoms with Gasteiger partial charge in [-0.15, -0.1) is 35.3 Å². The summed E-state index contributed by atoms with van der Waals surface area (Å²) in [6, 6.07) is 4.30. The Hall–Kier alpha value is -0.340. The molecule has 0 bridgehead atoms. The Balaban J connectivity index is 0.00000242. The molecule has 2 rings (SSSR count). The van der Waals surface area contributed by atoms with Crippen molar-refractivity contribution in [2.45, 2.75) is 26.7 Å². The van der Waals surface area contributed by atoms with Crippen LogP contribution < -0.4 is 10.6 Å². The van der Waals surface area contributed by atoms with Crippen molar-refractivity contribution < 1.29 is 0 Å². The maximum atomic E-state index is 4.75. The second-order valence-electron chi connectivity index (χ2n) is 5.52. The van der Waals surface area contributed by atoms with Gasteiger partial charge in [-0.1, -0.05) is 13.0 Å². The molecule has 1 saturated heterocycles. The number of rotatable bonds is 7. The Morgan fingerprint density at radius 1 is 1.41 bits per heavy atom. The number of nitrogens with one attached hydrogen (secondary N) is 2. The van der Waals surface area contributed by atoms with Gasteiger partial charge in [0.05, 0.1) is 0 Å². The first-order chi connectivity index (χ1) is 10.3. The van der Waals surface area contributed by atoms with Gasteiger partial charge >= 0.3 is 0 Å². The topological polar surface area (TPSA) is 39.7 Å². The lowest BCUT2D eigenvalue weighted by molar-refractivity contribution is 0.343. The molecule has 1 fully saturated rings. The molecule has 0 saturated carbocycles. The molecule has 4 nitrogen and oxygen atoms in total. The molecule has 1 aromatic rings. The third-order valence-corrected chi connectivity index (χ3v) is 4.85. The van der Waals surface area contributed by atoms with E-state index < -0.39 is 0 Å². The molecule has 0 amide bonds. The summed E-state index contributed by atoms with van der Waals surface area (Å²) in [7, 11) is 0. The summed E-state index contributed by atoms with van der Waals surface area (Å²) in [5, 5.41) is 8.91. The van der Waals surface area contributed by atoms with Gasteiger partial charge in [0, 0.05) is 31.1 Å². The van der Waals surface area contributed by atoms with Crippen LogP contribution in [0.5, 0.6) is 0 Å². The van der Waals surface area contributed by atoms with E-state index in [4.69, 9.17) is 4.99 Å². The van der Waals surface area contributed by atoms with E-state index in [0.717, 1.165) is 37.9 Å². The van der Waals surface area contributed by atoms with E-state index >= 15 is 0 Å². The van der Waals surface area contributed by atoms with E-state index in [1.54, 1.807) is 0 Å². The van der Waals surface area contributed by atoms with E-state index in [0.29, 0.717) is 0 Å². The predicted octanol–water partition coefficient (Wildman–Crippen LogP) is 2.81. The fraction of sp³-hybridized carbons (Fsp3) is 0.688. The zero-order valence-corrected chi connectivity index (χ0v) is 16.8. The highest BCUT2D eigenvalue weighted by Crippen LogP contribution is 2.15. The van der Waals surface area contributed by atoms with Crippen LogP contribution in [0.3, 0.4) is 0 Å². The second-order valence-corrected chi connectivity index (χ2v) is 6.56. The Bertz CT molecular complexity index is 422. The zero-order chi connectivity index (χ0) is 14.9. The van der Waals surface area contributed by atoms with Gasteiger partial charge in [-0.3, -0.25) is 4.99 Å². The number of thiophene rings is 1. The third-order valence-electron chi connectivity index (χ3n) is 3.91. The van der Waals surface area contributed by atoms with Crippen molar-refractivity contribution in [3.05, 3.63) is 22.4 Å². The van der Waals surface area contributed by atoms with E-state index in [2.05, 4.69) is 46.9 Å². The Labute approximate surface area is 155 Å². The molecule has 0 spiro atoms. The number of guanidine groups is 1. The first-order valence-electron chi connectivity index (χ1n) is 8.08. The van der Waals surface area contributed by atoms with Crippen molar-refractivity contribution in [1.82, 2.24) is 15.5 Å². The molecule has 1 aliphatic rings. The number of halogens is 1. The Kier molecular flexibility index (Phi) is 10.1. The normalized spacial score (nSPS) is 19.0. The molecule has 126 valence electrons. The number of hydrogen-bond donors (Lipinski definition) is 2. The van der Waals surface area contributed by atoms with Gasteiger partial charge in [0.25, 0.3) is 0 Å². The van der Waals surface area contributed by atoms with Crippen LogP contribution in [-0.2, 0) is 6.42 Å². The summed E-state index contributed by atoms with van der Waals surface area (Å²) in [4.78, 5) is 8.69. The van der Waals surface area contributed by atoms with Crippen molar-refractivity contribution in [3.63, 3.8) is 0 Å². The molecule has 0 radical (unpaired) electrons. The molecule has 2 N–H and O–H groups in total. The first-order valence-corrected chi connectivity index (χ1v) is 8.96. The van der Waals surface area contributed by atoms with Crippen LogP contribution in [-0.4, -0.2) is 50.1 Å². The second kappa shape index (κ2) is 11.2. The maximum Gasteiger partial charge on any atom is 0.191 e. The number of aliphatic imine (C=N–C) groups is 1. The molecular formula is C16H29IN4S. The van der Waals surface area contributed by atoms with Gasteiger partial charge < -0.3 is 15.5 Å². The van der Waals surface area contributed by atoms with Crippen LogP contribution in [0.25, 0.3) is 0 Å². The minimum atomic E-state index is 0. The average molecular weight is 436 g/mol. The lowest BCUT2D eigenvalue weighted by atomic mass is 10.1. The number of nitrogens with zero attached hydrogens (tertiary/aromatic N) is 2. The van der Waals surface area contributed by atoms with Crippen LogP contribution in [0.1, 0.15) is 25.1 Å². The smallest absolute Gasteiger partial charge is 0.191 e. The molecule has 1 aliphatic heterocycles. The lowest BCUT2D eigenvalue weighted by Gasteiger charge is -2.14. The largest absolute Gasteiger partial charge is 0.357 e. The Morgan fingerprint density at radius 2 is 2.27 bits per heavy atom. The van der Waals surface area contributed by atoms with Crippen molar-refractivity contribution in [2.24, 2.45) is 10.9 Å². The number of hydrogen-bond acceptors (Lipinski definition) is 3. The van der Waals surface area contributed by atoms with Crippen LogP contribution >= 0.6 is 35.3 Å². The average Bonchev–Trinajstić information content (AvgIpc) is 3.16. The monoisotopic (exact) mass is 436 g/mol. The molecule has 0 aromatic carbocycles. The van der Waals surface area contributed by atoms with E-state index in [9.17, 15) is 0 Å². The summed E-state index contributed by atoms with van der Waals surface area (Å²) in [5.41, 5.74) is 0. The summed E-state index contributed by atoms with van der Waals surface area (Å²) in [6.07, 6.45) is 2.35. The van der Waals surface area contributed by atoms with Gasteiger partial charge in [-0.2, -0.15) is 0 Å². The molecule has 1 unspecified atom stereocenters. The van der Waals surface area contributed by atoms with Gasteiger partial charge in [0.15, 0.2) is 5.96 Å². The molecule has 1 aromatic heterocycles. The third kappa shape index (κ3) is 6.83. The van der Waals surface area contributed by atoms with Gasteiger partial charge in [-0.05, 0) is 50.2 Å². The summed E-state index contributed by atoms with van der Waals surface area (Å²) in [5.74, 6) is 1.68. The fourth-order valence-electron chi connectivity index (χ4n) is 2.67. The summed E-state index contributed by atoms with van der Waals surface area (Å²) in [6.45, 7) is 10.7. The van der Waals surface area contributed by atoms with Gasteiger partial charge in [0.2, 0.25) is 0 Å². The van der Waals surface area contributed by atoms with Crippen molar-refractivity contribution in [3.8, 4) is 0 Å². The molecule has 2 heterocycles. The van der Waals surface area contributed by atoms with Gasteiger partial charge in [-0.25, -0.2) is 0 Å². The predicted molar refractivity (Wildman–Crippen MR) is 108 cm³/mol. The lowest BCUT2D eigenvalue weighted by Crippen LogP contribution is -2.38. The molecule has 22 heavy (non-hydrogen) atoms. The minimum absolute atomic E-state index is 0. The van der Waals surface area contributed by atoms with E-state index in [-0.39, 0.29) is 24.0 Å². The fourth-order valence-corrected chi connectivity index (χ4v) is 3.38. The van der Waals surface area contributed by atoms with Gasteiger partial charge in [0.1, 0.15) is 0 Å². The SMILES string of the molecule is CCNC(=NCC1CCN(CC)C1)NCCc1cccs1.I. The highest BCUT2D eigenvalue weighted by atomic mass is 127. The summed E-state index contributed by atoms with van der Waals surface area (Å²) < 4.78 is 0. The van der Waals surface area contributed by atoms with Crippen LogP contribution in [0.4, 0.5) is 0 Å². The molecule has 6 heteroatoms. The molecule has 1 atom stereocenters. The minimum Gasteiger partial charge on any atom is -0.357 e. The van der Waals surface area contributed by atoms with Crippen LogP contribution in [0.15, 0.2) is 22.5 Å². The van der Waals surface area contributed by atoms with E-state index in [1.165, 1.54) is 30.9 Å². The van der Waals surface area contributed by atoms with Crippen LogP contribution in [0, 0.1) is 5.92 Å². The van der Waals surface area contributed by atoms with Crippen molar-refractivity contribution >= 4 is 41.3 Å².